The quantitative estimate of drug-likeness (QED) is 0.482. The topological polar surface area (TPSA) is 0 Å². The van der Waals surface area contributed by atoms with E-state index in [4.69, 9.17) is 0 Å². The molecule has 0 aliphatic heterocycles. The molecule has 3 aromatic rings. The van der Waals surface area contributed by atoms with E-state index in [9.17, 15) is 0 Å². The largest absolute Gasteiger partial charge is 0.175 e. The third-order valence-corrected chi connectivity index (χ3v) is 4.08. The lowest BCUT2D eigenvalue weighted by molar-refractivity contribution is 1.33. The zero-order valence-corrected chi connectivity index (χ0v) is 11.7. The maximum atomic E-state index is 4.47. The average Bonchev–Trinajstić information content (AvgIpc) is 2.43. The molecule has 0 bridgehead atoms. The van der Waals surface area contributed by atoms with Crippen molar-refractivity contribution in [1.82, 2.24) is 0 Å². The molecule has 0 aromatic heterocycles. The molecule has 0 N–H and O–H groups in total. The van der Waals surface area contributed by atoms with Crippen molar-refractivity contribution in [2.45, 2.75) is 11.5 Å². The third-order valence-electron chi connectivity index (χ3n) is 3.42. The fourth-order valence-corrected chi connectivity index (χ4v) is 3.13. The summed E-state index contributed by atoms with van der Waals surface area (Å²) < 4.78 is 0. The summed E-state index contributed by atoms with van der Waals surface area (Å²) in [6.45, 7) is 0. The first-order chi connectivity index (χ1) is 8.83. The Bertz CT molecular complexity index is 717. The van der Waals surface area contributed by atoms with E-state index in [1.165, 1.54) is 32.7 Å². The van der Waals surface area contributed by atoms with E-state index in [1.807, 2.05) is 0 Å². The summed E-state index contributed by atoms with van der Waals surface area (Å²) in [6, 6.07) is 17.3. The Morgan fingerprint density at radius 3 is 2.11 bits per heavy atom. The van der Waals surface area contributed by atoms with Crippen LogP contribution in [0.2, 0.25) is 0 Å². The molecule has 18 heavy (non-hydrogen) atoms. The molecule has 0 unspecified atom stereocenters. The molecule has 0 radical (unpaired) electrons. The van der Waals surface area contributed by atoms with Gasteiger partial charge in [0.2, 0.25) is 0 Å². The maximum Gasteiger partial charge on any atom is 0.0163 e. The van der Waals surface area contributed by atoms with Crippen molar-refractivity contribution in [2.75, 3.05) is 0 Å². The van der Waals surface area contributed by atoms with Crippen molar-refractivity contribution in [3.8, 4) is 0 Å². The minimum Gasteiger partial charge on any atom is -0.175 e. The summed E-state index contributed by atoms with van der Waals surface area (Å²) in [5.74, 6) is 1.52. The monoisotopic (exact) mass is 270 g/mol. The zero-order valence-electron chi connectivity index (χ0n) is 9.93. The Morgan fingerprint density at radius 2 is 1.44 bits per heavy atom. The molecular weight excluding hydrogens is 256 g/mol. The Balaban J connectivity index is 2.42. The van der Waals surface area contributed by atoms with Crippen LogP contribution in [0.3, 0.4) is 0 Å². The Kier molecular flexibility index (Phi) is 3.23. The number of benzene rings is 3. The molecule has 0 aliphatic carbocycles. The van der Waals surface area contributed by atoms with Crippen LogP contribution in [0.15, 0.2) is 48.5 Å². The zero-order chi connectivity index (χ0) is 12.5. The highest BCUT2D eigenvalue weighted by molar-refractivity contribution is 7.79. The molecule has 3 rings (SSSR count). The standard InChI is InChI=1S/C16H14S2/c17-9-14-6-5-13-7-11-3-1-2-4-12(11)8-15(13)16(14)10-18/h1-8,17-18H,9-10H2. The fraction of sp³-hybridized carbons (Fsp3) is 0.125. The van der Waals surface area contributed by atoms with E-state index in [2.05, 4.69) is 73.8 Å². The Morgan fingerprint density at radius 1 is 0.722 bits per heavy atom. The molecule has 0 saturated heterocycles. The van der Waals surface area contributed by atoms with Gasteiger partial charge in [-0.2, -0.15) is 25.3 Å². The number of thiol groups is 2. The van der Waals surface area contributed by atoms with Crippen molar-refractivity contribution < 1.29 is 0 Å². The van der Waals surface area contributed by atoms with Gasteiger partial charge < -0.3 is 0 Å². The minimum atomic E-state index is 0.756. The van der Waals surface area contributed by atoms with Crippen LogP contribution in [-0.2, 0) is 11.5 Å². The van der Waals surface area contributed by atoms with Gasteiger partial charge in [-0.15, -0.1) is 0 Å². The maximum absolute atomic E-state index is 4.47. The van der Waals surface area contributed by atoms with Crippen molar-refractivity contribution in [2.24, 2.45) is 0 Å². The summed E-state index contributed by atoms with van der Waals surface area (Å²) in [7, 11) is 0. The van der Waals surface area contributed by atoms with Gasteiger partial charge in [0.05, 0.1) is 0 Å². The molecule has 2 heteroatoms. The van der Waals surface area contributed by atoms with Gasteiger partial charge in [-0.3, -0.25) is 0 Å². The fourth-order valence-electron chi connectivity index (χ4n) is 2.46. The predicted octanol–water partition coefficient (Wildman–Crippen LogP) is 4.85. The SMILES string of the molecule is SCc1ccc2cc3ccccc3cc2c1CS. The van der Waals surface area contributed by atoms with Gasteiger partial charge in [-0.25, -0.2) is 0 Å². The van der Waals surface area contributed by atoms with Crippen LogP contribution in [0.1, 0.15) is 11.1 Å². The summed E-state index contributed by atoms with van der Waals surface area (Å²) in [5.41, 5.74) is 2.58. The van der Waals surface area contributed by atoms with Crippen molar-refractivity contribution >= 4 is 46.8 Å². The van der Waals surface area contributed by atoms with Crippen LogP contribution in [0, 0.1) is 0 Å². The van der Waals surface area contributed by atoms with E-state index in [0.29, 0.717) is 0 Å². The van der Waals surface area contributed by atoms with E-state index >= 15 is 0 Å². The second kappa shape index (κ2) is 4.87. The highest BCUT2D eigenvalue weighted by Crippen LogP contribution is 2.29. The first-order valence-corrected chi connectivity index (χ1v) is 7.25. The number of hydrogen-bond donors (Lipinski definition) is 2. The molecule has 0 atom stereocenters. The Hall–Kier alpha value is -1.12. The predicted molar refractivity (Wildman–Crippen MR) is 86.8 cm³/mol. The third kappa shape index (κ3) is 1.90. The smallest absolute Gasteiger partial charge is 0.0163 e. The second-order valence-corrected chi connectivity index (χ2v) is 5.07. The lowest BCUT2D eigenvalue weighted by Gasteiger charge is -2.11. The van der Waals surface area contributed by atoms with Gasteiger partial charge in [0.1, 0.15) is 0 Å². The van der Waals surface area contributed by atoms with Crippen LogP contribution >= 0.6 is 25.3 Å². The van der Waals surface area contributed by atoms with Gasteiger partial charge in [-0.05, 0) is 44.8 Å². The van der Waals surface area contributed by atoms with E-state index in [1.54, 1.807) is 0 Å². The van der Waals surface area contributed by atoms with Crippen LogP contribution in [0.5, 0.6) is 0 Å². The molecule has 0 saturated carbocycles. The van der Waals surface area contributed by atoms with Gasteiger partial charge >= 0.3 is 0 Å². The minimum absolute atomic E-state index is 0.756. The molecule has 90 valence electrons. The van der Waals surface area contributed by atoms with E-state index in [0.717, 1.165) is 11.5 Å². The molecule has 0 amide bonds. The van der Waals surface area contributed by atoms with Gasteiger partial charge in [0.15, 0.2) is 0 Å². The number of rotatable bonds is 2. The van der Waals surface area contributed by atoms with Gasteiger partial charge in [-0.1, -0.05) is 36.4 Å². The number of hydrogen-bond acceptors (Lipinski definition) is 2. The molecule has 3 aromatic carbocycles. The first kappa shape index (κ1) is 11.9. The van der Waals surface area contributed by atoms with Crippen molar-refractivity contribution in [3.63, 3.8) is 0 Å². The Labute approximate surface area is 118 Å². The van der Waals surface area contributed by atoms with Crippen LogP contribution in [0.4, 0.5) is 0 Å². The van der Waals surface area contributed by atoms with Crippen LogP contribution < -0.4 is 0 Å². The van der Waals surface area contributed by atoms with E-state index < -0.39 is 0 Å². The highest BCUT2D eigenvalue weighted by atomic mass is 32.1. The summed E-state index contributed by atoms with van der Waals surface area (Å²) >= 11 is 8.87. The summed E-state index contributed by atoms with van der Waals surface area (Å²) in [5, 5.41) is 5.15. The average molecular weight is 270 g/mol. The van der Waals surface area contributed by atoms with Crippen LogP contribution in [0.25, 0.3) is 21.5 Å². The normalized spacial score (nSPS) is 11.2. The van der Waals surface area contributed by atoms with E-state index in [-0.39, 0.29) is 0 Å². The lowest BCUT2D eigenvalue weighted by Crippen LogP contribution is -1.91. The van der Waals surface area contributed by atoms with Crippen molar-refractivity contribution in [1.29, 1.82) is 0 Å². The molecule has 0 aliphatic rings. The summed E-state index contributed by atoms with van der Waals surface area (Å²) in [6.07, 6.45) is 0. The van der Waals surface area contributed by atoms with Gasteiger partial charge in [0, 0.05) is 11.5 Å². The van der Waals surface area contributed by atoms with Crippen molar-refractivity contribution in [3.05, 3.63) is 59.7 Å². The van der Waals surface area contributed by atoms with Crippen LogP contribution in [-0.4, -0.2) is 0 Å². The number of fused-ring (bicyclic) bond motifs is 2. The highest BCUT2D eigenvalue weighted by Gasteiger charge is 2.06. The molecule has 0 heterocycles. The second-order valence-electron chi connectivity index (χ2n) is 4.44. The molecule has 0 nitrogen and oxygen atoms in total. The molecular formula is C16H14S2. The summed E-state index contributed by atoms with van der Waals surface area (Å²) in [4.78, 5) is 0. The first-order valence-electron chi connectivity index (χ1n) is 5.98. The lowest BCUT2D eigenvalue weighted by atomic mass is 9.97. The molecule has 0 spiro atoms. The van der Waals surface area contributed by atoms with Gasteiger partial charge in [0.25, 0.3) is 0 Å². The molecule has 0 fully saturated rings.